The minimum Gasteiger partial charge on any atom is -0.369 e. The van der Waals surface area contributed by atoms with E-state index in [1.165, 1.54) is 12.1 Å². The molecular weight excluding hydrogens is 422 g/mol. The molecule has 3 rings (SSSR count). The van der Waals surface area contributed by atoms with E-state index in [2.05, 4.69) is 0 Å². The molecule has 0 spiro atoms. The standard InChI is InChI=1S/C22H22F6N2O/c1-14-9-17-11-18(20(31,21(23,24)25)22(26,27)28)7-8-19(17)30(14)13-16-6-4-5-15(10-16)12-29(2)3/h4-11,31H,12-13H2,1-3H3. The Morgan fingerprint density at radius 1 is 0.871 bits per heavy atom. The first kappa shape index (κ1) is 23.1. The van der Waals surface area contributed by atoms with Crippen molar-refractivity contribution in [2.45, 2.75) is 38.0 Å². The highest BCUT2D eigenvalue weighted by atomic mass is 19.4. The summed E-state index contributed by atoms with van der Waals surface area (Å²) in [7, 11) is 3.88. The zero-order valence-electron chi connectivity index (χ0n) is 17.1. The Hall–Kier alpha value is -2.52. The summed E-state index contributed by atoms with van der Waals surface area (Å²) in [6, 6.07) is 11.9. The third kappa shape index (κ3) is 4.29. The quantitative estimate of drug-likeness (QED) is 0.536. The van der Waals surface area contributed by atoms with Crippen molar-refractivity contribution in [3.05, 3.63) is 70.9 Å². The number of aryl methyl sites for hydroxylation is 1. The van der Waals surface area contributed by atoms with E-state index in [-0.39, 0.29) is 5.39 Å². The van der Waals surface area contributed by atoms with Crippen LogP contribution in [-0.2, 0) is 18.7 Å². The second kappa shape index (κ2) is 7.87. The molecular formula is C22H22F6N2O. The van der Waals surface area contributed by atoms with Crippen LogP contribution in [0.4, 0.5) is 26.3 Å². The molecule has 3 aromatic rings. The third-order valence-corrected chi connectivity index (χ3v) is 5.18. The summed E-state index contributed by atoms with van der Waals surface area (Å²) >= 11 is 0. The van der Waals surface area contributed by atoms with E-state index in [1.807, 2.05) is 47.8 Å². The first-order valence-corrected chi connectivity index (χ1v) is 9.43. The monoisotopic (exact) mass is 444 g/mol. The minimum absolute atomic E-state index is 0.186. The minimum atomic E-state index is -5.91. The molecule has 0 saturated heterocycles. The van der Waals surface area contributed by atoms with Crippen LogP contribution in [0.5, 0.6) is 0 Å². The molecule has 31 heavy (non-hydrogen) atoms. The van der Waals surface area contributed by atoms with Crippen LogP contribution in [0.15, 0.2) is 48.5 Å². The van der Waals surface area contributed by atoms with Gasteiger partial charge >= 0.3 is 12.4 Å². The lowest BCUT2D eigenvalue weighted by atomic mass is 9.91. The second-order valence-electron chi connectivity index (χ2n) is 7.91. The molecule has 1 heterocycles. The fraction of sp³-hybridized carbons (Fsp3) is 0.364. The maximum atomic E-state index is 13.2. The Morgan fingerprint density at radius 3 is 2.06 bits per heavy atom. The van der Waals surface area contributed by atoms with Crippen molar-refractivity contribution < 1.29 is 31.4 Å². The Bertz CT molecular complexity index is 1070. The maximum absolute atomic E-state index is 13.2. The van der Waals surface area contributed by atoms with Crippen LogP contribution in [0.3, 0.4) is 0 Å². The number of alkyl halides is 6. The highest BCUT2D eigenvalue weighted by molar-refractivity contribution is 5.82. The molecule has 0 radical (unpaired) electrons. The van der Waals surface area contributed by atoms with E-state index in [1.54, 1.807) is 6.92 Å². The number of hydrogen-bond donors (Lipinski definition) is 1. The lowest BCUT2D eigenvalue weighted by Crippen LogP contribution is -2.53. The molecule has 0 aliphatic carbocycles. The number of fused-ring (bicyclic) bond motifs is 1. The van der Waals surface area contributed by atoms with Gasteiger partial charge in [0, 0.05) is 35.2 Å². The molecule has 2 aromatic carbocycles. The van der Waals surface area contributed by atoms with Gasteiger partial charge in [-0.25, -0.2) is 0 Å². The van der Waals surface area contributed by atoms with Gasteiger partial charge in [-0.1, -0.05) is 30.3 Å². The van der Waals surface area contributed by atoms with Crippen LogP contribution in [0, 0.1) is 6.92 Å². The molecule has 9 heteroatoms. The average Bonchev–Trinajstić information content (AvgIpc) is 2.93. The molecule has 1 N–H and O–H groups in total. The summed E-state index contributed by atoms with van der Waals surface area (Å²) in [5.74, 6) is 0. The van der Waals surface area contributed by atoms with Gasteiger partial charge in [0.15, 0.2) is 0 Å². The number of benzene rings is 2. The summed E-state index contributed by atoms with van der Waals surface area (Å²) in [6.07, 6.45) is -11.8. The zero-order chi connectivity index (χ0) is 23.2. The average molecular weight is 444 g/mol. The van der Waals surface area contributed by atoms with Crippen molar-refractivity contribution in [2.75, 3.05) is 14.1 Å². The predicted octanol–water partition coefficient (Wildman–Crippen LogP) is 5.37. The topological polar surface area (TPSA) is 28.4 Å². The van der Waals surface area contributed by atoms with Crippen molar-refractivity contribution in [3.8, 4) is 0 Å². The van der Waals surface area contributed by atoms with Crippen LogP contribution in [0.25, 0.3) is 10.9 Å². The first-order chi connectivity index (χ1) is 14.2. The maximum Gasteiger partial charge on any atom is 0.430 e. The van der Waals surface area contributed by atoms with Crippen molar-refractivity contribution in [2.24, 2.45) is 0 Å². The highest BCUT2D eigenvalue weighted by Crippen LogP contribution is 2.50. The smallest absolute Gasteiger partial charge is 0.369 e. The second-order valence-corrected chi connectivity index (χ2v) is 7.91. The lowest BCUT2D eigenvalue weighted by molar-refractivity contribution is -0.376. The van der Waals surface area contributed by atoms with Crippen LogP contribution in [0.1, 0.15) is 22.4 Å². The van der Waals surface area contributed by atoms with E-state index >= 15 is 0 Å². The van der Waals surface area contributed by atoms with Crippen LogP contribution >= 0.6 is 0 Å². The molecule has 168 valence electrons. The van der Waals surface area contributed by atoms with Gasteiger partial charge in [-0.3, -0.25) is 0 Å². The number of hydrogen-bond acceptors (Lipinski definition) is 2. The summed E-state index contributed by atoms with van der Waals surface area (Å²) in [5, 5.41) is 9.85. The summed E-state index contributed by atoms with van der Waals surface area (Å²) in [4.78, 5) is 2.01. The number of aromatic nitrogens is 1. The summed E-state index contributed by atoms with van der Waals surface area (Å²) in [5.41, 5.74) is -3.01. The van der Waals surface area contributed by atoms with Crippen LogP contribution in [0.2, 0.25) is 0 Å². The van der Waals surface area contributed by atoms with Crippen molar-refractivity contribution in [1.82, 2.24) is 9.47 Å². The number of nitrogens with zero attached hydrogens (tertiary/aromatic N) is 2. The summed E-state index contributed by atoms with van der Waals surface area (Å²) < 4.78 is 81.1. The number of aliphatic hydroxyl groups is 1. The van der Waals surface area contributed by atoms with Crippen LogP contribution in [-0.4, -0.2) is 41.0 Å². The van der Waals surface area contributed by atoms with Gasteiger partial charge in [0.05, 0.1) is 0 Å². The van der Waals surface area contributed by atoms with Gasteiger partial charge in [-0.15, -0.1) is 0 Å². The Balaban J connectivity index is 2.04. The Morgan fingerprint density at radius 2 is 1.48 bits per heavy atom. The molecule has 0 bridgehead atoms. The molecule has 0 aliphatic heterocycles. The van der Waals surface area contributed by atoms with E-state index in [0.717, 1.165) is 23.7 Å². The molecule has 0 aliphatic rings. The van der Waals surface area contributed by atoms with Gasteiger partial charge in [0.1, 0.15) is 0 Å². The number of rotatable bonds is 5. The van der Waals surface area contributed by atoms with Crippen molar-refractivity contribution >= 4 is 10.9 Å². The normalized spacial score (nSPS) is 13.4. The van der Waals surface area contributed by atoms with E-state index in [9.17, 15) is 31.4 Å². The molecule has 0 atom stereocenters. The molecule has 3 nitrogen and oxygen atoms in total. The Kier molecular flexibility index (Phi) is 5.88. The zero-order valence-corrected chi connectivity index (χ0v) is 17.1. The van der Waals surface area contributed by atoms with E-state index < -0.39 is 23.5 Å². The van der Waals surface area contributed by atoms with Crippen molar-refractivity contribution in [3.63, 3.8) is 0 Å². The van der Waals surface area contributed by atoms with Gasteiger partial charge in [0.2, 0.25) is 0 Å². The fourth-order valence-electron chi connectivity index (χ4n) is 3.71. The van der Waals surface area contributed by atoms with Gasteiger partial charge in [-0.05, 0) is 50.3 Å². The molecule has 1 aromatic heterocycles. The van der Waals surface area contributed by atoms with Gasteiger partial charge < -0.3 is 14.6 Å². The largest absolute Gasteiger partial charge is 0.430 e. The van der Waals surface area contributed by atoms with Crippen LogP contribution < -0.4 is 0 Å². The Labute approximate surface area is 175 Å². The van der Waals surface area contributed by atoms with Crippen molar-refractivity contribution in [1.29, 1.82) is 0 Å². The fourth-order valence-corrected chi connectivity index (χ4v) is 3.71. The lowest BCUT2D eigenvalue weighted by Gasteiger charge is -2.32. The molecule has 0 unspecified atom stereocenters. The highest BCUT2D eigenvalue weighted by Gasteiger charge is 2.71. The molecule has 0 fully saturated rings. The van der Waals surface area contributed by atoms with Gasteiger partial charge in [-0.2, -0.15) is 26.3 Å². The number of halogens is 6. The van der Waals surface area contributed by atoms with E-state index in [4.69, 9.17) is 0 Å². The van der Waals surface area contributed by atoms with Gasteiger partial charge in [0.25, 0.3) is 5.60 Å². The predicted molar refractivity (Wildman–Crippen MR) is 106 cm³/mol. The first-order valence-electron chi connectivity index (χ1n) is 9.43. The van der Waals surface area contributed by atoms with E-state index in [0.29, 0.717) is 23.8 Å². The third-order valence-electron chi connectivity index (χ3n) is 5.18. The molecule has 0 saturated carbocycles. The molecule has 0 amide bonds. The summed E-state index contributed by atoms with van der Waals surface area (Å²) in [6.45, 7) is 2.86. The SMILES string of the molecule is Cc1cc2cc(C(O)(C(F)(F)F)C(F)(F)F)ccc2n1Cc1cccc(CN(C)C)c1.